The lowest BCUT2D eigenvalue weighted by Gasteiger charge is -2.49. The highest BCUT2D eigenvalue weighted by atomic mass is 16.5. The Morgan fingerprint density at radius 1 is 0.679 bits per heavy atom. The van der Waals surface area contributed by atoms with Crippen LogP contribution in [-0.2, 0) is 22.4 Å². The molecule has 53 heavy (non-hydrogen) atoms. The molecule has 0 aliphatic carbocycles. The average molecular weight is 733 g/mol. The van der Waals surface area contributed by atoms with E-state index in [1.54, 1.807) is 28.4 Å². The summed E-state index contributed by atoms with van der Waals surface area (Å²) in [6, 6.07) is 14.0. The molecule has 0 aromatic heterocycles. The van der Waals surface area contributed by atoms with Gasteiger partial charge in [-0.25, -0.2) is 0 Å². The van der Waals surface area contributed by atoms with Crippen molar-refractivity contribution < 1.29 is 47.5 Å². The Balaban J connectivity index is 1.32. The van der Waals surface area contributed by atoms with Crippen LogP contribution in [0.5, 0.6) is 40.2 Å². The van der Waals surface area contributed by atoms with Crippen molar-refractivity contribution in [3.63, 3.8) is 0 Å². The van der Waals surface area contributed by atoms with Crippen molar-refractivity contribution >= 4 is 17.6 Å². The number of piperazine rings is 1. The molecule has 2 aliphatic rings. The van der Waals surface area contributed by atoms with Crippen LogP contribution >= 0.6 is 0 Å². The van der Waals surface area contributed by atoms with Crippen molar-refractivity contribution in [3.05, 3.63) is 65.2 Å². The summed E-state index contributed by atoms with van der Waals surface area (Å²) in [4.78, 5) is 45.3. The van der Waals surface area contributed by atoms with Gasteiger partial charge in [-0.15, -0.1) is 0 Å². The van der Waals surface area contributed by atoms with Crippen LogP contribution in [0.15, 0.2) is 48.5 Å². The lowest BCUT2D eigenvalue weighted by molar-refractivity contribution is -0.157. The Kier molecular flexibility index (Phi) is 13.3. The van der Waals surface area contributed by atoms with Crippen LogP contribution in [-0.4, -0.2) is 102 Å². The number of hydrogen-bond acceptors (Lipinski definition) is 10. The number of carbonyl (C=O) groups is 3. The maximum absolute atomic E-state index is 14.2. The Morgan fingerprint density at radius 2 is 1.25 bits per heavy atom. The molecular weight excluding hydrogens is 680 g/mol. The maximum Gasteiger partial charge on any atom is 0.295 e. The Morgan fingerprint density at radius 3 is 1.79 bits per heavy atom. The summed E-state index contributed by atoms with van der Waals surface area (Å²) in [5.74, 6) is 2.29. The summed E-state index contributed by atoms with van der Waals surface area (Å²) in [6.07, 6.45) is 6.33. The molecular formula is C41H52N2O10. The molecule has 0 radical (unpaired) electrons. The number of benzene rings is 3. The van der Waals surface area contributed by atoms with Gasteiger partial charge in [0.2, 0.25) is 11.7 Å². The summed E-state index contributed by atoms with van der Waals surface area (Å²) in [5.41, 5.74) is 2.38. The van der Waals surface area contributed by atoms with E-state index in [0.29, 0.717) is 54.7 Å². The summed E-state index contributed by atoms with van der Waals surface area (Å²) in [6.45, 7) is 0.945. The first-order chi connectivity index (χ1) is 25.7. The third-order valence-corrected chi connectivity index (χ3v) is 10.4. The number of amides is 2. The van der Waals surface area contributed by atoms with Gasteiger partial charge in [0.15, 0.2) is 34.5 Å². The van der Waals surface area contributed by atoms with Gasteiger partial charge in [0, 0.05) is 18.7 Å². The largest absolute Gasteiger partial charge is 0.493 e. The third kappa shape index (κ3) is 8.75. The van der Waals surface area contributed by atoms with Crippen molar-refractivity contribution in [1.82, 2.24) is 9.80 Å². The quantitative estimate of drug-likeness (QED) is 0.117. The molecule has 3 aromatic rings. The number of aryl methyl sites for hydroxylation is 2. The standard InChI is InChI=1S/C41H52N2O10/c1-47-32-18-16-26(20-34(32)49-3)10-8-11-28(15-14-27-17-19-33(48-2)35(21-27)50-4)24-42-25-30-12-9-13-31(40(42)45)43(30)41(46)38(44)29-22-36(51-5)39(53-7)37(23-29)52-6/h16-23,28,30-31H,8-15,24-25H2,1-7H3. The number of nitrogens with zero attached hydrogens (tertiary/aromatic N) is 2. The second kappa shape index (κ2) is 18.1. The zero-order valence-electron chi connectivity index (χ0n) is 31.9. The summed E-state index contributed by atoms with van der Waals surface area (Å²) in [7, 11) is 10.9. The van der Waals surface area contributed by atoms with Gasteiger partial charge in [0.25, 0.3) is 11.7 Å². The molecule has 5 rings (SSSR count). The van der Waals surface area contributed by atoms with Crippen LogP contribution in [0, 0.1) is 5.92 Å². The number of methoxy groups -OCH3 is 7. The van der Waals surface area contributed by atoms with E-state index in [0.717, 1.165) is 49.7 Å². The number of piperidine rings is 1. The van der Waals surface area contributed by atoms with Crippen molar-refractivity contribution in [2.24, 2.45) is 5.92 Å². The molecule has 3 atom stereocenters. The van der Waals surface area contributed by atoms with Crippen LogP contribution < -0.4 is 33.2 Å². The van der Waals surface area contributed by atoms with E-state index in [4.69, 9.17) is 33.2 Å². The number of likely N-dealkylation sites (tertiary alicyclic amines) is 1. The SMILES string of the molecule is COc1ccc(CCCC(CCc2ccc(OC)c(OC)c2)CN2CC3CCCC(C2=O)N3C(=O)C(=O)c2cc(OC)c(OC)c(OC)c2)cc1OC. The van der Waals surface area contributed by atoms with Gasteiger partial charge in [-0.3, -0.25) is 14.4 Å². The first kappa shape index (κ1) is 39.1. The molecule has 2 aliphatic heterocycles. The minimum Gasteiger partial charge on any atom is -0.493 e. The van der Waals surface area contributed by atoms with Crippen LogP contribution in [0.1, 0.15) is 60.0 Å². The number of carbonyl (C=O) groups excluding carboxylic acids is 3. The topological polar surface area (TPSA) is 122 Å². The lowest BCUT2D eigenvalue weighted by Crippen LogP contribution is -2.66. The normalized spacial score (nSPS) is 17.2. The molecule has 2 amide bonds. The fourth-order valence-corrected chi connectivity index (χ4v) is 7.66. The second-order valence-electron chi connectivity index (χ2n) is 13.5. The molecule has 2 bridgehead atoms. The zero-order chi connectivity index (χ0) is 38.1. The number of ketones is 1. The van der Waals surface area contributed by atoms with E-state index in [2.05, 4.69) is 6.07 Å². The van der Waals surface area contributed by atoms with Crippen molar-refractivity contribution in [2.45, 2.75) is 63.5 Å². The molecule has 286 valence electrons. The van der Waals surface area contributed by atoms with Crippen LogP contribution in [0.3, 0.4) is 0 Å². The number of ether oxygens (including phenoxy) is 7. The highest BCUT2D eigenvalue weighted by Crippen LogP contribution is 2.39. The fourth-order valence-electron chi connectivity index (χ4n) is 7.66. The molecule has 2 saturated heterocycles. The number of hydrogen-bond donors (Lipinski definition) is 0. The summed E-state index contributed by atoms with van der Waals surface area (Å²) >= 11 is 0. The first-order valence-corrected chi connectivity index (χ1v) is 18.1. The van der Waals surface area contributed by atoms with E-state index in [1.807, 2.05) is 35.2 Å². The lowest BCUT2D eigenvalue weighted by atomic mass is 9.87. The number of fused-ring (bicyclic) bond motifs is 2. The summed E-state index contributed by atoms with van der Waals surface area (Å²) < 4.78 is 38.1. The highest BCUT2D eigenvalue weighted by molar-refractivity contribution is 6.43. The van der Waals surface area contributed by atoms with Crippen molar-refractivity contribution in [2.75, 3.05) is 62.9 Å². The molecule has 12 heteroatoms. The zero-order valence-corrected chi connectivity index (χ0v) is 31.9. The van der Waals surface area contributed by atoms with Gasteiger partial charge in [0.1, 0.15) is 6.04 Å². The fraction of sp³-hybridized carbons (Fsp3) is 0.488. The van der Waals surface area contributed by atoms with E-state index < -0.39 is 17.7 Å². The van der Waals surface area contributed by atoms with Gasteiger partial charge < -0.3 is 43.0 Å². The van der Waals surface area contributed by atoms with E-state index in [9.17, 15) is 14.4 Å². The van der Waals surface area contributed by atoms with Gasteiger partial charge in [0.05, 0.1) is 55.8 Å². The van der Waals surface area contributed by atoms with Crippen molar-refractivity contribution in [3.8, 4) is 40.2 Å². The average Bonchev–Trinajstić information content (AvgIpc) is 3.19. The number of Topliss-reactive ketones (excluding diaryl/α,β-unsaturated/α-hetero) is 1. The van der Waals surface area contributed by atoms with Gasteiger partial charge >= 0.3 is 0 Å². The number of rotatable bonds is 18. The summed E-state index contributed by atoms with van der Waals surface area (Å²) in [5, 5.41) is 0. The van der Waals surface area contributed by atoms with Crippen LogP contribution in [0.25, 0.3) is 0 Å². The molecule has 0 saturated carbocycles. The molecule has 12 nitrogen and oxygen atoms in total. The molecule has 2 heterocycles. The highest BCUT2D eigenvalue weighted by Gasteiger charge is 2.47. The monoisotopic (exact) mass is 732 g/mol. The second-order valence-corrected chi connectivity index (χ2v) is 13.5. The van der Waals surface area contributed by atoms with E-state index >= 15 is 0 Å². The van der Waals surface area contributed by atoms with Crippen LogP contribution in [0.4, 0.5) is 0 Å². The first-order valence-electron chi connectivity index (χ1n) is 18.1. The van der Waals surface area contributed by atoms with Gasteiger partial charge in [-0.05, 0) is 105 Å². The minimum atomic E-state index is -0.717. The van der Waals surface area contributed by atoms with Gasteiger partial charge in [-0.2, -0.15) is 0 Å². The smallest absolute Gasteiger partial charge is 0.295 e. The third-order valence-electron chi connectivity index (χ3n) is 10.4. The van der Waals surface area contributed by atoms with Gasteiger partial charge in [-0.1, -0.05) is 12.1 Å². The molecule has 3 aromatic carbocycles. The Bertz CT molecular complexity index is 1740. The molecule has 0 spiro atoms. The molecule has 0 N–H and O–H groups in total. The van der Waals surface area contributed by atoms with E-state index in [-0.39, 0.29) is 34.9 Å². The van der Waals surface area contributed by atoms with Crippen molar-refractivity contribution in [1.29, 1.82) is 0 Å². The maximum atomic E-state index is 14.2. The predicted molar refractivity (Wildman–Crippen MR) is 199 cm³/mol. The predicted octanol–water partition coefficient (Wildman–Crippen LogP) is 5.79. The van der Waals surface area contributed by atoms with Crippen LogP contribution in [0.2, 0.25) is 0 Å². The Labute approximate surface area is 312 Å². The minimum absolute atomic E-state index is 0.108. The molecule has 2 fully saturated rings. The molecule has 3 unspecified atom stereocenters. The Hall–Kier alpha value is -5.13. The van der Waals surface area contributed by atoms with E-state index in [1.165, 1.54) is 38.4 Å².